The third kappa shape index (κ3) is 2.44. The smallest absolute Gasteiger partial charge is 0.0799 e. The van der Waals surface area contributed by atoms with Crippen molar-refractivity contribution in [3.05, 3.63) is 40.2 Å². The lowest BCUT2D eigenvalue weighted by molar-refractivity contribution is 0.812. The monoisotopic (exact) mass is 216 g/mol. The maximum Gasteiger partial charge on any atom is 0.0799 e. The Balaban J connectivity index is 3.08. The molecule has 70 valence electrons. The summed E-state index contributed by atoms with van der Waals surface area (Å²) in [7, 11) is 0. The summed E-state index contributed by atoms with van der Waals surface area (Å²) < 4.78 is 0. The van der Waals surface area contributed by atoms with Gasteiger partial charge < -0.3 is 5.73 Å². The van der Waals surface area contributed by atoms with Crippen LogP contribution < -0.4 is 5.73 Å². The molecule has 0 spiro atoms. The van der Waals surface area contributed by atoms with E-state index in [1.54, 1.807) is 6.07 Å². The molecule has 0 fully saturated rings. The van der Waals surface area contributed by atoms with Crippen molar-refractivity contribution in [1.82, 2.24) is 4.98 Å². The molecule has 1 rings (SSSR count). The van der Waals surface area contributed by atoms with Gasteiger partial charge >= 0.3 is 0 Å². The zero-order chi connectivity index (χ0) is 10.0. The highest BCUT2D eigenvalue weighted by molar-refractivity contribution is 6.34. The van der Waals surface area contributed by atoms with Gasteiger partial charge in [0.1, 0.15) is 0 Å². The third-order valence-corrected chi connectivity index (χ3v) is 2.17. The molecule has 0 aliphatic carbocycles. The number of nitrogens with two attached hydrogens (primary N) is 1. The van der Waals surface area contributed by atoms with Crippen LogP contribution in [0.25, 0.3) is 0 Å². The number of hydrogen-bond acceptors (Lipinski definition) is 2. The van der Waals surface area contributed by atoms with Crippen molar-refractivity contribution in [2.24, 2.45) is 5.73 Å². The van der Waals surface area contributed by atoms with Crippen LogP contribution in [0, 0.1) is 0 Å². The molecule has 1 unspecified atom stereocenters. The summed E-state index contributed by atoms with van der Waals surface area (Å²) in [5.74, 6) is 0. The largest absolute Gasteiger partial charge is 0.319 e. The summed E-state index contributed by atoms with van der Waals surface area (Å²) in [5.41, 5.74) is 7.23. The first kappa shape index (κ1) is 10.5. The number of halogens is 2. The summed E-state index contributed by atoms with van der Waals surface area (Å²) in [4.78, 5) is 4.05. The Bertz CT molecular complexity index is 336. The molecule has 13 heavy (non-hydrogen) atoms. The van der Waals surface area contributed by atoms with E-state index in [0.29, 0.717) is 15.7 Å². The van der Waals surface area contributed by atoms with E-state index in [9.17, 15) is 0 Å². The topological polar surface area (TPSA) is 38.9 Å². The van der Waals surface area contributed by atoms with E-state index in [4.69, 9.17) is 28.9 Å². The van der Waals surface area contributed by atoms with Gasteiger partial charge in [0, 0.05) is 6.20 Å². The van der Waals surface area contributed by atoms with E-state index in [2.05, 4.69) is 11.6 Å². The molecule has 0 bridgehead atoms. The van der Waals surface area contributed by atoms with E-state index >= 15 is 0 Å². The standard InChI is InChI=1S/C9H10Cl2N2/c1-5(2)8(12)9-7(11)3-6(10)4-13-9/h3-4,8H,1,12H2,2H3. The SMILES string of the molecule is C=C(C)C(N)c1ncc(Cl)cc1Cl. The maximum absolute atomic E-state index is 5.90. The van der Waals surface area contributed by atoms with Gasteiger partial charge in [0.15, 0.2) is 0 Å². The molecule has 4 heteroatoms. The van der Waals surface area contributed by atoms with E-state index in [1.165, 1.54) is 6.20 Å². The molecule has 2 N–H and O–H groups in total. The molecule has 0 radical (unpaired) electrons. The van der Waals surface area contributed by atoms with Crippen LogP contribution in [0.1, 0.15) is 18.7 Å². The van der Waals surface area contributed by atoms with Crippen molar-refractivity contribution in [3.8, 4) is 0 Å². The fourth-order valence-corrected chi connectivity index (χ4v) is 1.39. The van der Waals surface area contributed by atoms with Crippen LogP contribution >= 0.6 is 23.2 Å². The van der Waals surface area contributed by atoms with Gasteiger partial charge in [0.2, 0.25) is 0 Å². The van der Waals surface area contributed by atoms with Crippen molar-refractivity contribution in [2.45, 2.75) is 13.0 Å². The van der Waals surface area contributed by atoms with Gasteiger partial charge in [-0.3, -0.25) is 4.98 Å². The van der Waals surface area contributed by atoms with Crippen LogP contribution in [-0.2, 0) is 0 Å². The number of hydrogen-bond donors (Lipinski definition) is 1. The van der Waals surface area contributed by atoms with Gasteiger partial charge in [0.05, 0.1) is 21.8 Å². The first-order chi connectivity index (χ1) is 6.02. The Morgan fingerprint density at radius 2 is 2.23 bits per heavy atom. The Kier molecular flexibility index (Phi) is 3.31. The number of aromatic nitrogens is 1. The van der Waals surface area contributed by atoms with Gasteiger partial charge in [-0.1, -0.05) is 35.4 Å². The van der Waals surface area contributed by atoms with Crippen LogP contribution in [-0.4, -0.2) is 4.98 Å². The van der Waals surface area contributed by atoms with Crippen molar-refractivity contribution >= 4 is 23.2 Å². The van der Waals surface area contributed by atoms with Crippen LogP contribution in [0.2, 0.25) is 10.0 Å². The molecular weight excluding hydrogens is 207 g/mol. The molecule has 1 aromatic rings. The van der Waals surface area contributed by atoms with Crippen molar-refractivity contribution < 1.29 is 0 Å². The predicted octanol–water partition coefficient (Wildman–Crippen LogP) is 2.96. The minimum absolute atomic E-state index is 0.329. The van der Waals surface area contributed by atoms with Crippen molar-refractivity contribution in [1.29, 1.82) is 0 Å². The fourth-order valence-electron chi connectivity index (χ4n) is 0.887. The quantitative estimate of drug-likeness (QED) is 0.773. The maximum atomic E-state index is 5.90. The lowest BCUT2D eigenvalue weighted by Crippen LogP contribution is -2.13. The van der Waals surface area contributed by atoms with Crippen LogP contribution in [0.5, 0.6) is 0 Å². The van der Waals surface area contributed by atoms with Gasteiger partial charge in [-0.25, -0.2) is 0 Å². The second-order valence-corrected chi connectivity index (χ2v) is 3.69. The van der Waals surface area contributed by atoms with Crippen LogP contribution in [0.4, 0.5) is 0 Å². The normalized spacial score (nSPS) is 12.6. The first-order valence-electron chi connectivity index (χ1n) is 3.74. The molecule has 0 amide bonds. The van der Waals surface area contributed by atoms with Crippen LogP contribution in [0.3, 0.4) is 0 Å². The highest BCUT2D eigenvalue weighted by atomic mass is 35.5. The third-order valence-electron chi connectivity index (χ3n) is 1.66. The zero-order valence-corrected chi connectivity index (χ0v) is 8.73. The fraction of sp³-hybridized carbons (Fsp3) is 0.222. The summed E-state index contributed by atoms with van der Waals surface area (Å²) >= 11 is 11.6. The number of pyridine rings is 1. The lowest BCUT2D eigenvalue weighted by Gasteiger charge is -2.11. The Morgan fingerprint density at radius 3 is 2.69 bits per heavy atom. The lowest BCUT2D eigenvalue weighted by atomic mass is 10.1. The second-order valence-electron chi connectivity index (χ2n) is 2.84. The van der Waals surface area contributed by atoms with Gasteiger partial charge in [-0.2, -0.15) is 0 Å². The summed E-state index contributed by atoms with van der Waals surface area (Å²) in [5, 5.41) is 0.977. The summed E-state index contributed by atoms with van der Waals surface area (Å²) in [6.07, 6.45) is 1.52. The highest BCUT2D eigenvalue weighted by Gasteiger charge is 2.12. The van der Waals surface area contributed by atoms with E-state index in [-0.39, 0.29) is 6.04 Å². The summed E-state index contributed by atoms with van der Waals surface area (Å²) in [6.45, 7) is 5.57. The molecular formula is C9H10Cl2N2. The average Bonchev–Trinajstić information content (AvgIpc) is 2.03. The molecule has 0 aliphatic heterocycles. The van der Waals surface area contributed by atoms with E-state index in [1.807, 2.05) is 6.92 Å². The number of rotatable bonds is 2. The molecule has 1 heterocycles. The first-order valence-corrected chi connectivity index (χ1v) is 4.50. The molecule has 0 saturated heterocycles. The Labute approximate surface area is 87.4 Å². The Morgan fingerprint density at radius 1 is 1.62 bits per heavy atom. The van der Waals surface area contributed by atoms with Gasteiger partial charge in [-0.15, -0.1) is 0 Å². The zero-order valence-electron chi connectivity index (χ0n) is 7.22. The van der Waals surface area contributed by atoms with Gasteiger partial charge in [0.25, 0.3) is 0 Å². The molecule has 1 atom stereocenters. The molecule has 0 aromatic carbocycles. The van der Waals surface area contributed by atoms with Crippen molar-refractivity contribution in [3.63, 3.8) is 0 Å². The predicted molar refractivity (Wildman–Crippen MR) is 56.0 cm³/mol. The Hall–Kier alpha value is -0.570. The molecule has 0 aliphatic rings. The van der Waals surface area contributed by atoms with Gasteiger partial charge in [-0.05, 0) is 13.0 Å². The van der Waals surface area contributed by atoms with E-state index < -0.39 is 0 Å². The molecule has 2 nitrogen and oxygen atoms in total. The minimum atomic E-state index is -0.329. The van der Waals surface area contributed by atoms with Crippen molar-refractivity contribution in [2.75, 3.05) is 0 Å². The average molecular weight is 217 g/mol. The molecule has 1 aromatic heterocycles. The minimum Gasteiger partial charge on any atom is -0.319 e. The van der Waals surface area contributed by atoms with Crippen LogP contribution in [0.15, 0.2) is 24.4 Å². The molecule has 0 saturated carbocycles. The summed E-state index contributed by atoms with van der Waals surface area (Å²) in [6, 6.07) is 1.29. The highest BCUT2D eigenvalue weighted by Crippen LogP contribution is 2.25. The number of nitrogens with zero attached hydrogens (tertiary/aromatic N) is 1. The second kappa shape index (κ2) is 4.09. The van der Waals surface area contributed by atoms with E-state index in [0.717, 1.165) is 5.57 Å².